The van der Waals surface area contributed by atoms with Crippen LogP contribution >= 0.6 is 22.9 Å². The maximum atomic E-state index is 5.91. The van der Waals surface area contributed by atoms with Crippen molar-refractivity contribution < 1.29 is 0 Å². The van der Waals surface area contributed by atoms with E-state index in [0.717, 1.165) is 53.6 Å². The number of nitrogens with two attached hydrogens (primary N) is 1. The quantitative estimate of drug-likeness (QED) is 0.789. The number of imidazole rings is 1. The van der Waals surface area contributed by atoms with Crippen LogP contribution in [-0.4, -0.2) is 16.5 Å². The van der Waals surface area contributed by atoms with Gasteiger partial charge in [-0.05, 0) is 25.5 Å². The zero-order valence-electron chi connectivity index (χ0n) is 9.58. The number of thiophene rings is 1. The number of halogens is 1. The molecule has 2 rings (SSSR count). The standard InChI is InChI=1S/C12H16ClN3S/c13-11-6-9(8-17-11)10-7-15-12(16-10)4-2-1-3-5-14/h6-8H,1-5,14H2,(H,15,16). The number of unbranched alkanes of at least 4 members (excludes halogenated alkanes) is 2. The number of rotatable bonds is 6. The molecule has 0 atom stereocenters. The molecule has 0 aliphatic carbocycles. The van der Waals surface area contributed by atoms with E-state index in [1.54, 1.807) is 0 Å². The third-order valence-corrected chi connectivity index (χ3v) is 3.72. The lowest BCUT2D eigenvalue weighted by atomic mass is 10.2. The Morgan fingerprint density at radius 1 is 1.35 bits per heavy atom. The molecule has 3 N–H and O–H groups in total. The lowest BCUT2D eigenvalue weighted by Crippen LogP contribution is -1.98. The molecule has 0 fully saturated rings. The van der Waals surface area contributed by atoms with Gasteiger partial charge in [-0.15, -0.1) is 11.3 Å². The normalized spacial score (nSPS) is 10.9. The fourth-order valence-electron chi connectivity index (χ4n) is 1.70. The van der Waals surface area contributed by atoms with Crippen LogP contribution < -0.4 is 5.73 Å². The van der Waals surface area contributed by atoms with Gasteiger partial charge in [0.05, 0.1) is 16.2 Å². The molecular weight excluding hydrogens is 254 g/mol. The Hall–Kier alpha value is -0.840. The number of nitrogens with zero attached hydrogens (tertiary/aromatic N) is 1. The van der Waals surface area contributed by atoms with E-state index in [9.17, 15) is 0 Å². The lowest BCUT2D eigenvalue weighted by Gasteiger charge is -1.96. The highest BCUT2D eigenvalue weighted by Crippen LogP contribution is 2.27. The first-order chi connectivity index (χ1) is 8.29. The number of hydrogen-bond donors (Lipinski definition) is 2. The summed E-state index contributed by atoms with van der Waals surface area (Å²) < 4.78 is 0.805. The summed E-state index contributed by atoms with van der Waals surface area (Å²) in [6, 6.07) is 1.96. The van der Waals surface area contributed by atoms with Gasteiger partial charge in [-0.3, -0.25) is 0 Å². The van der Waals surface area contributed by atoms with Crippen LogP contribution in [0.15, 0.2) is 17.6 Å². The van der Waals surface area contributed by atoms with E-state index in [4.69, 9.17) is 17.3 Å². The van der Waals surface area contributed by atoms with E-state index >= 15 is 0 Å². The van der Waals surface area contributed by atoms with Gasteiger partial charge in [0.15, 0.2) is 0 Å². The molecule has 0 aromatic carbocycles. The third kappa shape index (κ3) is 3.56. The summed E-state index contributed by atoms with van der Waals surface area (Å²) in [5, 5.41) is 2.04. The summed E-state index contributed by atoms with van der Waals surface area (Å²) >= 11 is 7.44. The monoisotopic (exact) mass is 269 g/mol. The third-order valence-electron chi connectivity index (χ3n) is 2.62. The van der Waals surface area contributed by atoms with Crippen molar-refractivity contribution in [2.75, 3.05) is 6.54 Å². The summed E-state index contributed by atoms with van der Waals surface area (Å²) in [6.07, 6.45) is 6.24. The molecule has 0 spiro atoms. The minimum atomic E-state index is 0.775. The number of aryl methyl sites for hydroxylation is 1. The molecule has 2 aromatic heterocycles. The average molecular weight is 270 g/mol. The van der Waals surface area contributed by atoms with E-state index in [0.29, 0.717) is 0 Å². The van der Waals surface area contributed by atoms with Crippen molar-refractivity contribution in [2.45, 2.75) is 25.7 Å². The minimum absolute atomic E-state index is 0.775. The largest absolute Gasteiger partial charge is 0.342 e. The molecule has 2 aromatic rings. The van der Waals surface area contributed by atoms with Crippen LogP contribution in [0.5, 0.6) is 0 Å². The van der Waals surface area contributed by atoms with Gasteiger partial charge in [-0.25, -0.2) is 4.98 Å². The molecule has 0 unspecified atom stereocenters. The molecule has 17 heavy (non-hydrogen) atoms. The van der Waals surface area contributed by atoms with Crippen LogP contribution in [-0.2, 0) is 6.42 Å². The summed E-state index contributed by atoms with van der Waals surface area (Å²) in [7, 11) is 0. The van der Waals surface area contributed by atoms with Crippen LogP contribution in [0.4, 0.5) is 0 Å². The molecular formula is C12H16ClN3S. The second-order valence-corrected chi connectivity index (χ2v) is 5.52. The van der Waals surface area contributed by atoms with Gasteiger partial charge >= 0.3 is 0 Å². The van der Waals surface area contributed by atoms with Crippen LogP contribution in [0.25, 0.3) is 11.3 Å². The maximum Gasteiger partial charge on any atom is 0.106 e. The smallest absolute Gasteiger partial charge is 0.106 e. The molecule has 2 heterocycles. The van der Waals surface area contributed by atoms with Crippen molar-refractivity contribution in [1.29, 1.82) is 0 Å². The van der Waals surface area contributed by atoms with Gasteiger partial charge in [0.2, 0.25) is 0 Å². The SMILES string of the molecule is NCCCCCc1ncc(-c2csc(Cl)c2)[nH]1. The molecule has 0 saturated heterocycles. The number of aromatic nitrogens is 2. The van der Waals surface area contributed by atoms with E-state index in [2.05, 4.69) is 9.97 Å². The molecule has 0 radical (unpaired) electrons. The highest BCUT2D eigenvalue weighted by Gasteiger charge is 2.05. The summed E-state index contributed by atoms with van der Waals surface area (Å²) in [5.74, 6) is 1.04. The molecule has 3 nitrogen and oxygen atoms in total. The van der Waals surface area contributed by atoms with E-state index in [1.807, 2.05) is 17.6 Å². The highest BCUT2D eigenvalue weighted by molar-refractivity contribution is 7.14. The van der Waals surface area contributed by atoms with E-state index < -0.39 is 0 Å². The molecule has 0 aliphatic rings. The average Bonchev–Trinajstić information content (AvgIpc) is 2.93. The number of nitrogens with one attached hydrogen (secondary N) is 1. The molecule has 0 amide bonds. The second-order valence-electron chi connectivity index (χ2n) is 3.98. The summed E-state index contributed by atoms with van der Waals surface area (Å²) in [5.41, 5.74) is 7.61. The van der Waals surface area contributed by atoms with Gasteiger partial charge in [0, 0.05) is 17.4 Å². The van der Waals surface area contributed by atoms with Crippen molar-refractivity contribution in [3.8, 4) is 11.3 Å². The predicted molar refractivity (Wildman–Crippen MR) is 73.5 cm³/mol. The fourth-order valence-corrected chi connectivity index (χ4v) is 2.58. The second kappa shape index (κ2) is 6.19. The molecule has 0 saturated carbocycles. The van der Waals surface area contributed by atoms with Crippen molar-refractivity contribution in [2.24, 2.45) is 5.73 Å². The predicted octanol–water partition coefficient (Wildman–Crippen LogP) is 3.46. The Morgan fingerprint density at radius 3 is 2.94 bits per heavy atom. The van der Waals surface area contributed by atoms with E-state index in [1.165, 1.54) is 11.3 Å². The van der Waals surface area contributed by atoms with Crippen molar-refractivity contribution in [3.05, 3.63) is 27.8 Å². The van der Waals surface area contributed by atoms with Gasteiger partial charge < -0.3 is 10.7 Å². The highest BCUT2D eigenvalue weighted by atomic mass is 35.5. The zero-order chi connectivity index (χ0) is 12.1. The number of aromatic amines is 1. The van der Waals surface area contributed by atoms with Crippen LogP contribution in [0.2, 0.25) is 4.34 Å². The maximum absolute atomic E-state index is 5.91. The zero-order valence-corrected chi connectivity index (χ0v) is 11.2. The van der Waals surface area contributed by atoms with Gasteiger partial charge in [-0.2, -0.15) is 0 Å². The van der Waals surface area contributed by atoms with Crippen molar-refractivity contribution in [3.63, 3.8) is 0 Å². The first-order valence-electron chi connectivity index (χ1n) is 5.78. The first-order valence-corrected chi connectivity index (χ1v) is 7.03. The molecule has 92 valence electrons. The van der Waals surface area contributed by atoms with Crippen molar-refractivity contribution >= 4 is 22.9 Å². The Balaban J connectivity index is 1.92. The van der Waals surface area contributed by atoms with Crippen molar-refractivity contribution in [1.82, 2.24) is 9.97 Å². The Morgan fingerprint density at radius 2 is 2.24 bits per heavy atom. The Kier molecular flexibility index (Phi) is 4.59. The van der Waals surface area contributed by atoms with Crippen LogP contribution in [0, 0.1) is 0 Å². The molecule has 5 heteroatoms. The minimum Gasteiger partial charge on any atom is -0.342 e. The Labute approximate surface area is 110 Å². The van der Waals surface area contributed by atoms with E-state index in [-0.39, 0.29) is 0 Å². The first kappa shape index (κ1) is 12.6. The number of H-pyrrole nitrogens is 1. The van der Waals surface area contributed by atoms with Gasteiger partial charge in [-0.1, -0.05) is 18.0 Å². The van der Waals surface area contributed by atoms with Gasteiger partial charge in [0.25, 0.3) is 0 Å². The molecule has 0 bridgehead atoms. The Bertz CT molecular complexity index is 464. The molecule has 0 aliphatic heterocycles. The fraction of sp³-hybridized carbons (Fsp3) is 0.417. The topological polar surface area (TPSA) is 54.7 Å². The summed E-state index contributed by atoms with van der Waals surface area (Å²) in [6.45, 7) is 0.775. The lowest BCUT2D eigenvalue weighted by molar-refractivity contribution is 0.673. The number of hydrogen-bond acceptors (Lipinski definition) is 3. The van der Waals surface area contributed by atoms with Crippen LogP contribution in [0.3, 0.4) is 0 Å². The summed E-state index contributed by atoms with van der Waals surface area (Å²) in [4.78, 5) is 7.70. The van der Waals surface area contributed by atoms with Crippen LogP contribution in [0.1, 0.15) is 25.1 Å². The van der Waals surface area contributed by atoms with Gasteiger partial charge in [0.1, 0.15) is 5.82 Å².